The van der Waals surface area contributed by atoms with E-state index in [9.17, 15) is 19.3 Å². The summed E-state index contributed by atoms with van der Waals surface area (Å²) in [5.74, 6) is -1.23. The number of rotatable bonds is 5. The van der Waals surface area contributed by atoms with Crippen molar-refractivity contribution in [3.63, 3.8) is 0 Å². The van der Waals surface area contributed by atoms with Gasteiger partial charge in [0.05, 0.1) is 27.8 Å². The molecule has 0 aromatic heterocycles. The number of nitrogens with one attached hydrogen (secondary N) is 1. The number of carbonyl (C=O) groups is 1. The minimum absolute atomic E-state index is 0.0378. The fourth-order valence-electron chi connectivity index (χ4n) is 3.34. The van der Waals surface area contributed by atoms with Crippen molar-refractivity contribution in [2.75, 3.05) is 23.3 Å². The summed E-state index contributed by atoms with van der Waals surface area (Å²) in [5.41, 5.74) is 6.25. The molecule has 0 bridgehead atoms. The van der Waals surface area contributed by atoms with E-state index >= 15 is 0 Å². The number of primary amides is 1. The molecule has 3 rings (SSSR count). The Kier molecular flexibility index (Phi) is 5.40. The summed E-state index contributed by atoms with van der Waals surface area (Å²) in [6.45, 7) is 1.13. The van der Waals surface area contributed by atoms with E-state index in [1.165, 1.54) is 18.2 Å². The van der Waals surface area contributed by atoms with Crippen LogP contribution in [-0.4, -0.2) is 30.0 Å². The van der Waals surface area contributed by atoms with Gasteiger partial charge in [0.25, 0.3) is 11.6 Å². The van der Waals surface area contributed by atoms with E-state index in [2.05, 4.69) is 5.32 Å². The second kappa shape index (κ2) is 7.92. The summed E-state index contributed by atoms with van der Waals surface area (Å²) in [6, 6.07) is 10.1. The monoisotopic (exact) mass is 383 g/mol. The van der Waals surface area contributed by atoms with Gasteiger partial charge in [0.2, 0.25) is 0 Å². The number of hydrogen-bond donors (Lipinski definition) is 2. The Bertz CT molecular complexity index is 973. The van der Waals surface area contributed by atoms with E-state index in [1.807, 2.05) is 11.0 Å². The second-order valence-electron chi connectivity index (χ2n) is 6.56. The highest BCUT2D eigenvalue weighted by atomic mass is 19.1. The van der Waals surface area contributed by atoms with Crippen molar-refractivity contribution >= 4 is 23.0 Å². The van der Waals surface area contributed by atoms with Gasteiger partial charge in [0, 0.05) is 37.0 Å². The standard InChI is InChI=1S/C19H18FN5O3/c20-16-8-12(10-21)3-6-18(16)24-7-1-2-13(11-24)23-17-5-4-14(25(27)28)9-15(17)19(22)26/h3-6,8-9,13,23H,1-2,7,11H2,(H2,22,26). The third-order valence-electron chi connectivity index (χ3n) is 4.68. The highest BCUT2D eigenvalue weighted by molar-refractivity contribution is 5.99. The van der Waals surface area contributed by atoms with Gasteiger partial charge in [-0.2, -0.15) is 5.26 Å². The number of anilines is 2. The first-order chi connectivity index (χ1) is 13.4. The fraction of sp³-hybridized carbons (Fsp3) is 0.263. The van der Waals surface area contributed by atoms with E-state index in [-0.39, 0.29) is 22.9 Å². The molecular weight excluding hydrogens is 365 g/mol. The lowest BCUT2D eigenvalue weighted by atomic mass is 10.0. The molecule has 1 unspecified atom stereocenters. The van der Waals surface area contributed by atoms with E-state index < -0.39 is 16.6 Å². The molecule has 0 aliphatic carbocycles. The molecule has 1 fully saturated rings. The number of nitrogens with zero attached hydrogens (tertiary/aromatic N) is 3. The number of benzene rings is 2. The zero-order valence-corrected chi connectivity index (χ0v) is 14.9. The number of hydrogen-bond acceptors (Lipinski definition) is 6. The minimum atomic E-state index is -0.767. The zero-order valence-electron chi connectivity index (χ0n) is 14.9. The van der Waals surface area contributed by atoms with E-state index in [1.54, 1.807) is 12.1 Å². The summed E-state index contributed by atoms with van der Waals surface area (Å²) < 4.78 is 14.3. The summed E-state index contributed by atoms with van der Waals surface area (Å²) in [7, 11) is 0. The first-order valence-corrected chi connectivity index (χ1v) is 8.68. The first kappa shape index (κ1) is 19.1. The van der Waals surface area contributed by atoms with Gasteiger partial charge >= 0.3 is 0 Å². The molecule has 8 nitrogen and oxygen atoms in total. The van der Waals surface area contributed by atoms with Gasteiger partial charge < -0.3 is 16.0 Å². The maximum Gasteiger partial charge on any atom is 0.270 e. The van der Waals surface area contributed by atoms with Crippen LogP contribution in [0.25, 0.3) is 0 Å². The molecule has 1 saturated heterocycles. The normalized spacial score (nSPS) is 16.3. The lowest BCUT2D eigenvalue weighted by Gasteiger charge is -2.35. The van der Waals surface area contributed by atoms with Gasteiger partial charge in [0.15, 0.2) is 0 Å². The third kappa shape index (κ3) is 4.01. The van der Waals surface area contributed by atoms with Crippen molar-refractivity contribution in [3.05, 3.63) is 63.5 Å². The van der Waals surface area contributed by atoms with Crippen LogP contribution in [0.4, 0.5) is 21.5 Å². The largest absolute Gasteiger partial charge is 0.380 e. The minimum Gasteiger partial charge on any atom is -0.380 e. The SMILES string of the molecule is N#Cc1ccc(N2CCCC(Nc3ccc([N+](=O)[O-])cc3C(N)=O)C2)c(F)c1. The maximum atomic E-state index is 14.3. The number of carbonyl (C=O) groups excluding carboxylic acids is 1. The molecule has 1 atom stereocenters. The average molecular weight is 383 g/mol. The first-order valence-electron chi connectivity index (χ1n) is 8.68. The lowest BCUT2D eigenvalue weighted by Crippen LogP contribution is -2.42. The van der Waals surface area contributed by atoms with Crippen molar-refractivity contribution in [2.24, 2.45) is 5.73 Å². The third-order valence-corrected chi connectivity index (χ3v) is 4.68. The predicted octanol–water partition coefficient (Wildman–Crippen LogP) is 2.79. The molecule has 1 aliphatic rings. The number of nitro benzene ring substituents is 1. The maximum absolute atomic E-state index is 14.3. The molecule has 2 aromatic carbocycles. The molecule has 0 spiro atoms. The highest BCUT2D eigenvalue weighted by Gasteiger charge is 2.24. The van der Waals surface area contributed by atoms with Crippen LogP contribution in [0, 0.1) is 27.3 Å². The van der Waals surface area contributed by atoms with Crippen LogP contribution in [-0.2, 0) is 0 Å². The molecule has 144 valence electrons. The van der Waals surface area contributed by atoms with Crippen molar-refractivity contribution in [1.29, 1.82) is 5.26 Å². The Morgan fingerprint density at radius 1 is 1.36 bits per heavy atom. The van der Waals surface area contributed by atoms with Crippen molar-refractivity contribution in [2.45, 2.75) is 18.9 Å². The summed E-state index contributed by atoms with van der Waals surface area (Å²) in [6.07, 6.45) is 1.57. The molecule has 9 heteroatoms. The van der Waals surface area contributed by atoms with Gasteiger partial charge in [-0.25, -0.2) is 4.39 Å². The fourth-order valence-corrected chi connectivity index (χ4v) is 3.34. The molecule has 1 heterocycles. The number of nitrogens with two attached hydrogens (primary N) is 1. The van der Waals surface area contributed by atoms with Crippen LogP contribution in [0.3, 0.4) is 0 Å². The van der Waals surface area contributed by atoms with E-state index in [0.29, 0.717) is 24.5 Å². The molecular formula is C19H18FN5O3. The Balaban J connectivity index is 1.80. The van der Waals surface area contributed by atoms with Crippen LogP contribution in [0.5, 0.6) is 0 Å². The van der Waals surface area contributed by atoms with Crippen LogP contribution >= 0.6 is 0 Å². The van der Waals surface area contributed by atoms with E-state index in [4.69, 9.17) is 11.0 Å². The van der Waals surface area contributed by atoms with Gasteiger partial charge in [-0.15, -0.1) is 0 Å². The number of amides is 1. The number of halogens is 1. The lowest BCUT2D eigenvalue weighted by molar-refractivity contribution is -0.384. The number of nitro groups is 1. The molecule has 1 amide bonds. The summed E-state index contributed by atoms with van der Waals surface area (Å²) >= 11 is 0. The van der Waals surface area contributed by atoms with Crippen molar-refractivity contribution in [3.8, 4) is 6.07 Å². The average Bonchev–Trinajstić information content (AvgIpc) is 2.68. The Morgan fingerprint density at radius 2 is 2.14 bits per heavy atom. The van der Waals surface area contributed by atoms with Gasteiger partial charge in [-0.05, 0) is 37.1 Å². The van der Waals surface area contributed by atoms with Crippen LogP contribution in [0.15, 0.2) is 36.4 Å². The molecule has 0 radical (unpaired) electrons. The van der Waals surface area contributed by atoms with Gasteiger partial charge in [0.1, 0.15) is 5.82 Å². The van der Waals surface area contributed by atoms with E-state index in [0.717, 1.165) is 18.9 Å². The number of non-ortho nitro benzene ring substituents is 1. The van der Waals surface area contributed by atoms with Crippen LogP contribution < -0.4 is 16.0 Å². The highest BCUT2D eigenvalue weighted by Crippen LogP contribution is 2.27. The quantitative estimate of drug-likeness (QED) is 0.604. The molecule has 3 N–H and O–H groups in total. The van der Waals surface area contributed by atoms with Crippen molar-refractivity contribution < 1.29 is 14.1 Å². The molecule has 28 heavy (non-hydrogen) atoms. The number of piperidine rings is 1. The topological polar surface area (TPSA) is 125 Å². The summed E-state index contributed by atoms with van der Waals surface area (Å²) in [4.78, 5) is 23.9. The second-order valence-corrected chi connectivity index (χ2v) is 6.56. The van der Waals surface area contributed by atoms with Crippen LogP contribution in [0.2, 0.25) is 0 Å². The smallest absolute Gasteiger partial charge is 0.270 e. The Hall–Kier alpha value is -3.67. The molecule has 0 saturated carbocycles. The Morgan fingerprint density at radius 3 is 2.79 bits per heavy atom. The number of nitriles is 1. The molecule has 2 aromatic rings. The molecule has 1 aliphatic heterocycles. The van der Waals surface area contributed by atoms with Gasteiger partial charge in [-0.3, -0.25) is 14.9 Å². The van der Waals surface area contributed by atoms with Gasteiger partial charge in [-0.1, -0.05) is 0 Å². The predicted molar refractivity (Wildman–Crippen MR) is 102 cm³/mol. The van der Waals surface area contributed by atoms with Crippen molar-refractivity contribution in [1.82, 2.24) is 0 Å². The Labute approximate surface area is 160 Å². The zero-order chi connectivity index (χ0) is 20.3. The summed E-state index contributed by atoms with van der Waals surface area (Å²) in [5, 5.41) is 23.0. The van der Waals surface area contributed by atoms with Crippen LogP contribution in [0.1, 0.15) is 28.8 Å².